The van der Waals surface area contributed by atoms with Crippen LogP contribution in [0.4, 0.5) is 5.69 Å². The van der Waals surface area contributed by atoms with E-state index >= 15 is 0 Å². The van der Waals surface area contributed by atoms with Gasteiger partial charge in [-0.05, 0) is 48.7 Å². The van der Waals surface area contributed by atoms with Gasteiger partial charge in [-0.15, -0.1) is 0 Å². The van der Waals surface area contributed by atoms with Gasteiger partial charge in [-0.3, -0.25) is 4.72 Å². The Kier molecular flexibility index (Phi) is 5.39. The minimum Gasteiger partial charge on any atom is -0.396 e. The van der Waals surface area contributed by atoms with Crippen molar-refractivity contribution in [3.63, 3.8) is 0 Å². The van der Waals surface area contributed by atoms with Crippen LogP contribution in [0.1, 0.15) is 12.0 Å². The molecule has 0 aliphatic rings. The maximum absolute atomic E-state index is 12.3. The van der Waals surface area contributed by atoms with Crippen LogP contribution in [0.2, 0.25) is 0 Å². The van der Waals surface area contributed by atoms with Crippen LogP contribution in [0.3, 0.4) is 0 Å². The zero-order valence-electron chi connectivity index (χ0n) is 11.3. The van der Waals surface area contributed by atoms with Crippen LogP contribution in [0.25, 0.3) is 0 Å². The average Bonchev–Trinajstić information content (AvgIpc) is 2.45. The summed E-state index contributed by atoms with van der Waals surface area (Å²) in [5.41, 5.74) is 1.51. The Hall–Kier alpha value is -1.37. The third-order valence-electron chi connectivity index (χ3n) is 2.93. The van der Waals surface area contributed by atoms with E-state index in [1.807, 2.05) is 6.07 Å². The van der Waals surface area contributed by atoms with E-state index in [9.17, 15) is 8.42 Å². The lowest BCUT2D eigenvalue weighted by Gasteiger charge is -2.09. The van der Waals surface area contributed by atoms with Crippen molar-refractivity contribution in [2.75, 3.05) is 11.3 Å². The molecule has 0 spiro atoms. The molecule has 0 bridgehead atoms. The monoisotopic (exact) mass is 369 g/mol. The highest BCUT2D eigenvalue weighted by Gasteiger charge is 2.14. The standard InChI is InChI=1S/C15H16BrNO3S/c16-13-4-1-5-14(11-13)17-21(19,20)15-8-6-12(7-9-15)3-2-10-18/h1,4-9,11,17-18H,2-3,10H2. The number of aliphatic hydroxyl groups is 1. The number of aliphatic hydroxyl groups excluding tert-OH is 1. The molecule has 2 N–H and O–H groups in total. The fourth-order valence-corrected chi connectivity index (χ4v) is 3.33. The number of aryl methyl sites for hydroxylation is 1. The Morgan fingerprint density at radius 1 is 1.10 bits per heavy atom. The number of anilines is 1. The van der Waals surface area contributed by atoms with Crippen LogP contribution in [0.5, 0.6) is 0 Å². The van der Waals surface area contributed by atoms with Crippen molar-refractivity contribution in [3.8, 4) is 0 Å². The van der Waals surface area contributed by atoms with Crippen molar-refractivity contribution in [2.45, 2.75) is 17.7 Å². The van der Waals surface area contributed by atoms with E-state index in [0.29, 0.717) is 12.1 Å². The normalized spacial score (nSPS) is 11.3. The fraction of sp³-hybridized carbons (Fsp3) is 0.200. The SMILES string of the molecule is O=S(=O)(Nc1cccc(Br)c1)c1ccc(CCCO)cc1. The average molecular weight is 370 g/mol. The molecular weight excluding hydrogens is 354 g/mol. The van der Waals surface area contributed by atoms with Crippen LogP contribution in [-0.2, 0) is 16.4 Å². The minimum absolute atomic E-state index is 0.129. The molecule has 0 saturated carbocycles. The Balaban J connectivity index is 2.15. The van der Waals surface area contributed by atoms with Crippen LogP contribution in [0, 0.1) is 0 Å². The van der Waals surface area contributed by atoms with Crippen molar-refractivity contribution in [1.82, 2.24) is 0 Å². The van der Waals surface area contributed by atoms with Gasteiger partial charge in [0, 0.05) is 16.8 Å². The lowest BCUT2D eigenvalue weighted by molar-refractivity contribution is 0.288. The van der Waals surface area contributed by atoms with Gasteiger partial charge >= 0.3 is 0 Å². The molecule has 0 unspecified atom stereocenters. The van der Waals surface area contributed by atoms with Gasteiger partial charge in [0.2, 0.25) is 0 Å². The molecule has 21 heavy (non-hydrogen) atoms. The molecule has 0 aromatic heterocycles. The highest BCUT2D eigenvalue weighted by atomic mass is 79.9. The van der Waals surface area contributed by atoms with E-state index in [-0.39, 0.29) is 11.5 Å². The first-order chi connectivity index (χ1) is 10.0. The molecule has 112 valence electrons. The number of halogens is 1. The summed E-state index contributed by atoms with van der Waals surface area (Å²) < 4.78 is 27.9. The number of hydrogen-bond donors (Lipinski definition) is 2. The Morgan fingerprint density at radius 3 is 2.43 bits per heavy atom. The summed E-state index contributed by atoms with van der Waals surface area (Å²) in [5.74, 6) is 0. The summed E-state index contributed by atoms with van der Waals surface area (Å²) in [4.78, 5) is 0.218. The van der Waals surface area contributed by atoms with Gasteiger partial charge in [-0.2, -0.15) is 0 Å². The van der Waals surface area contributed by atoms with Gasteiger partial charge in [-0.1, -0.05) is 34.1 Å². The maximum Gasteiger partial charge on any atom is 0.261 e. The van der Waals surface area contributed by atoms with E-state index < -0.39 is 10.0 Å². The predicted molar refractivity (Wildman–Crippen MR) is 86.8 cm³/mol. The Bertz CT molecular complexity index is 699. The van der Waals surface area contributed by atoms with Gasteiger partial charge in [0.1, 0.15) is 0 Å². The molecule has 2 rings (SSSR count). The third kappa shape index (κ3) is 4.56. The van der Waals surface area contributed by atoms with E-state index in [4.69, 9.17) is 5.11 Å². The van der Waals surface area contributed by atoms with Gasteiger partial charge in [0.15, 0.2) is 0 Å². The second-order valence-corrected chi connectivity index (χ2v) is 7.19. The Labute approximate surface area is 133 Å². The second-order valence-electron chi connectivity index (χ2n) is 4.59. The first kappa shape index (κ1) is 16.0. The minimum atomic E-state index is -3.59. The summed E-state index contributed by atoms with van der Waals surface area (Å²) in [6, 6.07) is 13.7. The third-order valence-corrected chi connectivity index (χ3v) is 4.82. The molecule has 0 aliphatic carbocycles. The number of nitrogens with one attached hydrogen (secondary N) is 1. The number of rotatable bonds is 6. The largest absolute Gasteiger partial charge is 0.396 e. The topological polar surface area (TPSA) is 66.4 Å². The summed E-state index contributed by atoms with van der Waals surface area (Å²) in [5, 5.41) is 8.79. The van der Waals surface area contributed by atoms with Crippen LogP contribution in [-0.4, -0.2) is 20.1 Å². The molecule has 0 amide bonds. The predicted octanol–water partition coefficient (Wildman–Crippen LogP) is 3.17. The lowest BCUT2D eigenvalue weighted by Crippen LogP contribution is -2.12. The highest BCUT2D eigenvalue weighted by Crippen LogP contribution is 2.20. The van der Waals surface area contributed by atoms with E-state index in [0.717, 1.165) is 16.5 Å². The Morgan fingerprint density at radius 2 is 1.81 bits per heavy atom. The van der Waals surface area contributed by atoms with E-state index in [1.54, 1.807) is 42.5 Å². The molecule has 0 saturated heterocycles. The van der Waals surface area contributed by atoms with Crippen molar-refractivity contribution >= 4 is 31.6 Å². The van der Waals surface area contributed by atoms with E-state index in [1.165, 1.54) is 0 Å². The molecule has 2 aromatic carbocycles. The van der Waals surface area contributed by atoms with E-state index in [2.05, 4.69) is 20.7 Å². The van der Waals surface area contributed by atoms with Crippen LogP contribution in [0.15, 0.2) is 57.9 Å². The van der Waals surface area contributed by atoms with Crippen molar-refractivity contribution in [3.05, 3.63) is 58.6 Å². The van der Waals surface area contributed by atoms with Crippen LogP contribution < -0.4 is 4.72 Å². The zero-order chi connectivity index (χ0) is 15.3. The van der Waals surface area contributed by atoms with Crippen LogP contribution >= 0.6 is 15.9 Å². The zero-order valence-corrected chi connectivity index (χ0v) is 13.7. The molecule has 0 fully saturated rings. The van der Waals surface area contributed by atoms with Gasteiger partial charge in [0.05, 0.1) is 4.90 Å². The van der Waals surface area contributed by atoms with Gasteiger partial charge in [-0.25, -0.2) is 8.42 Å². The molecular formula is C15H16BrNO3S. The van der Waals surface area contributed by atoms with Gasteiger partial charge < -0.3 is 5.11 Å². The number of benzene rings is 2. The summed E-state index contributed by atoms with van der Waals surface area (Å²) in [7, 11) is -3.59. The van der Waals surface area contributed by atoms with Gasteiger partial charge in [0.25, 0.3) is 10.0 Å². The fourth-order valence-electron chi connectivity index (χ4n) is 1.88. The maximum atomic E-state index is 12.3. The molecule has 0 radical (unpaired) electrons. The lowest BCUT2D eigenvalue weighted by atomic mass is 10.1. The van der Waals surface area contributed by atoms with Crippen molar-refractivity contribution in [2.24, 2.45) is 0 Å². The number of hydrogen-bond acceptors (Lipinski definition) is 3. The molecule has 2 aromatic rings. The smallest absolute Gasteiger partial charge is 0.261 e. The highest BCUT2D eigenvalue weighted by molar-refractivity contribution is 9.10. The van der Waals surface area contributed by atoms with Crippen molar-refractivity contribution < 1.29 is 13.5 Å². The first-order valence-electron chi connectivity index (χ1n) is 6.49. The molecule has 0 atom stereocenters. The first-order valence-corrected chi connectivity index (χ1v) is 8.77. The molecule has 6 heteroatoms. The summed E-state index contributed by atoms with van der Waals surface area (Å²) in [6.45, 7) is 0.129. The molecule has 4 nitrogen and oxygen atoms in total. The summed E-state index contributed by atoms with van der Waals surface area (Å²) >= 11 is 3.30. The molecule has 0 heterocycles. The second kappa shape index (κ2) is 7.06. The quantitative estimate of drug-likeness (QED) is 0.821. The summed E-state index contributed by atoms with van der Waals surface area (Å²) in [6.07, 6.45) is 1.40. The number of sulfonamides is 1. The molecule has 0 aliphatic heterocycles. The van der Waals surface area contributed by atoms with Crippen molar-refractivity contribution in [1.29, 1.82) is 0 Å².